The number of aromatic nitrogens is 2. The third-order valence-corrected chi connectivity index (χ3v) is 5.06. The topological polar surface area (TPSA) is 59.0 Å². The Morgan fingerprint density at radius 3 is 2.90 bits per heavy atom. The molecule has 1 aromatic heterocycles. The molecule has 4 atom stereocenters. The largest absolute Gasteiger partial charge is 0.348 e. The van der Waals surface area contributed by atoms with Gasteiger partial charge in [0.05, 0.1) is 17.8 Å². The Morgan fingerprint density at radius 1 is 1.48 bits per heavy atom. The summed E-state index contributed by atoms with van der Waals surface area (Å²) in [7, 11) is 1.91. The van der Waals surface area contributed by atoms with Crippen molar-refractivity contribution in [3.05, 3.63) is 17.5 Å². The van der Waals surface area contributed by atoms with Gasteiger partial charge in [-0.15, -0.1) is 0 Å². The zero-order chi connectivity index (χ0) is 15.0. The molecule has 1 amide bonds. The molecule has 1 aliphatic heterocycles. The summed E-state index contributed by atoms with van der Waals surface area (Å²) < 4.78 is 1.80. The number of nitrogens with zero attached hydrogens (tertiary/aromatic N) is 2. The van der Waals surface area contributed by atoms with Crippen molar-refractivity contribution in [1.29, 1.82) is 0 Å². The minimum atomic E-state index is -0.0162. The Bertz CT molecular complexity index is 510. The van der Waals surface area contributed by atoms with Crippen LogP contribution in [0, 0.1) is 12.8 Å². The van der Waals surface area contributed by atoms with Crippen LogP contribution < -0.4 is 10.6 Å². The van der Waals surface area contributed by atoms with Crippen LogP contribution in [0.3, 0.4) is 0 Å². The van der Waals surface area contributed by atoms with Crippen molar-refractivity contribution in [2.24, 2.45) is 13.0 Å². The van der Waals surface area contributed by atoms with E-state index < -0.39 is 0 Å². The molecule has 2 N–H and O–H groups in total. The first-order chi connectivity index (χ1) is 10.0. The number of carbonyl (C=O) groups is 1. The maximum Gasteiger partial charge on any atom is 0.237 e. The van der Waals surface area contributed by atoms with Gasteiger partial charge in [-0.05, 0) is 39.0 Å². The molecule has 0 aromatic carbocycles. The molecule has 3 rings (SSSR count). The lowest BCUT2D eigenvalue weighted by Gasteiger charge is -2.24. The van der Waals surface area contributed by atoms with Crippen molar-refractivity contribution in [2.75, 3.05) is 0 Å². The first kappa shape index (κ1) is 14.6. The summed E-state index contributed by atoms with van der Waals surface area (Å²) in [4.78, 5) is 12.5. The molecule has 5 nitrogen and oxygen atoms in total. The minimum Gasteiger partial charge on any atom is -0.348 e. The summed E-state index contributed by atoms with van der Waals surface area (Å²) in [6.45, 7) is 4.02. The molecule has 0 bridgehead atoms. The van der Waals surface area contributed by atoms with E-state index in [9.17, 15) is 4.79 Å². The fraction of sp³-hybridized carbons (Fsp3) is 0.750. The molecule has 1 saturated carbocycles. The molecule has 4 unspecified atom stereocenters. The van der Waals surface area contributed by atoms with Crippen LogP contribution in [0.4, 0.5) is 0 Å². The molecule has 0 radical (unpaired) electrons. The summed E-state index contributed by atoms with van der Waals surface area (Å²) in [5.41, 5.74) is 2.08. The van der Waals surface area contributed by atoms with E-state index in [0.29, 0.717) is 12.0 Å². The summed E-state index contributed by atoms with van der Waals surface area (Å²) in [5, 5.41) is 11.0. The molecular weight excluding hydrogens is 264 g/mol. The minimum absolute atomic E-state index is 0.00984. The van der Waals surface area contributed by atoms with E-state index >= 15 is 0 Å². The van der Waals surface area contributed by atoms with E-state index in [0.717, 1.165) is 17.7 Å². The third-order valence-electron chi connectivity index (χ3n) is 5.06. The second-order valence-electron chi connectivity index (χ2n) is 6.68. The van der Waals surface area contributed by atoms with Gasteiger partial charge < -0.3 is 10.6 Å². The van der Waals surface area contributed by atoms with Gasteiger partial charge in [0.25, 0.3) is 0 Å². The Labute approximate surface area is 126 Å². The predicted octanol–water partition coefficient (Wildman–Crippen LogP) is 1.83. The number of carbonyl (C=O) groups excluding carboxylic acids is 1. The normalized spacial score (nSPS) is 30.0. The number of nitrogens with one attached hydrogen (secondary N) is 2. The Balaban J connectivity index is 1.60. The van der Waals surface area contributed by atoms with Gasteiger partial charge in [-0.1, -0.05) is 12.8 Å². The number of hydrogen-bond acceptors (Lipinski definition) is 3. The molecule has 0 spiro atoms. The lowest BCUT2D eigenvalue weighted by Crippen LogP contribution is -2.43. The van der Waals surface area contributed by atoms with E-state index in [2.05, 4.69) is 15.7 Å². The molecule has 2 heterocycles. The van der Waals surface area contributed by atoms with Gasteiger partial charge in [0.15, 0.2) is 0 Å². The number of amides is 1. The van der Waals surface area contributed by atoms with Crippen LogP contribution in [0.5, 0.6) is 0 Å². The lowest BCUT2D eigenvalue weighted by atomic mass is 9.85. The summed E-state index contributed by atoms with van der Waals surface area (Å²) >= 11 is 0. The fourth-order valence-electron chi connectivity index (χ4n) is 3.96. The van der Waals surface area contributed by atoms with Crippen molar-refractivity contribution >= 4 is 5.91 Å². The van der Waals surface area contributed by atoms with Gasteiger partial charge in [-0.3, -0.25) is 9.48 Å². The quantitative estimate of drug-likeness (QED) is 0.893. The number of fused-ring (bicyclic) bond motifs is 1. The monoisotopic (exact) mass is 290 g/mol. The zero-order valence-electron chi connectivity index (χ0n) is 13.2. The molecular formula is C16H26N4O. The van der Waals surface area contributed by atoms with Crippen LogP contribution in [-0.2, 0) is 11.8 Å². The Hall–Kier alpha value is -1.36. The molecule has 1 saturated heterocycles. The molecule has 5 heteroatoms. The molecule has 1 aromatic rings. The van der Waals surface area contributed by atoms with Gasteiger partial charge in [0.2, 0.25) is 5.91 Å². The Kier molecular flexibility index (Phi) is 4.02. The first-order valence-electron chi connectivity index (χ1n) is 8.11. The number of hydrogen-bond donors (Lipinski definition) is 2. The van der Waals surface area contributed by atoms with E-state index in [1.807, 2.05) is 27.1 Å². The SMILES string of the molecule is Cc1nn(C)cc1C(C)NC(=O)C1CC2CCCCC2N1. The predicted molar refractivity (Wildman–Crippen MR) is 81.8 cm³/mol. The second kappa shape index (κ2) is 5.79. The van der Waals surface area contributed by atoms with Crippen molar-refractivity contribution in [2.45, 2.75) is 64.1 Å². The molecule has 2 aliphatic rings. The van der Waals surface area contributed by atoms with Crippen LogP contribution in [-0.4, -0.2) is 27.8 Å². The van der Waals surface area contributed by atoms with Crippen molar-refractivity contribution in [1.82, 2.24) is 20.4 Å². The van der Waals surface area contributed by atoms with Crippen LogP contribution in [0.25, 0.3) is 0 Å². The highest BCUT2D eigenvalue weighted by molar-refractivity contribution is 5.82. The number of rotatable bonds is 3. The average molecular weight is 290 g/mol. The van der Waals surface area contributed by atoms with Gasteiger partial charge in [-0.2, -0.15) is 5.10 Å². The van der Waals surface area contributed by atoms with Crippen LogP contribution in [0.2, 0.25) is 0 Å². The van der Waals surface area contributed by atoms with Gasteiger partial charge in [0.1, 0.15) is 0 Å². The number of aryl methyl sites for hydroxylation is 2. The van der Waals surface area contributed by atoms with Crippen molar-refractivity contribution in [3.8, 4) is 0 Å². The second-order valence-corrected chi connectivity index (χ2v) is 6.68. The zero-order valence-corrected chi connectivity index (χ0v) is 13.2. The van der Waals surface area contributed by atoms with E-state index in [4.69, 9.17) is 0 Å². The fourth-order valence-corrected chi connectivity index (χ4v) is 3.96. The van der Waals surface area contributed by atoms with E-state index in [1.54, 1.807) is 4.68 Å². The smallest absolute Gasteiger partial charge is 0.237 e. The van der Waals surface area contributed by atoms with E-state index in [-0.39, 0.29) is 18.0 Å². The average Bonchev–Trinajstić information content (AvgIpc) is 3.01. The van der Waals surface area contributed by atoms with Crippen LogP contribution in [0.15, 0.2) is 6.20 Å². The highest BCUT2D eigenvalue weighted by Crippen LogP contribution is 2.33. The van der Waals surface area contributed by atoms with Gasteiger partial charge in [0, 0.05) is 24.8 Å². The summed E-state index contributed by atoms with van der Waals surface area (Å²) in [5.74, 6) is 0.838. The van der Waals surface area contributed by atoms with Crippen molar-refractivity contribution in [3.63, 3.8) is 0 Å². The first-order valence-corrected chi connectivity index (χ1v) is 8.11. The van der Waals surface area contributed by atoms with Crippen molar-refractivity contribution < 1.29 is 4.79 Å². The summed E-state index contributed by atoms with van der Waals surface area (Å²) in [6.07, 6.45) is 8.11. The lowest BCUT2D eigenvalue weighted by molar-refractivity contribution is -0.123. The maximum absolute atomic E-state index is 12.5. The van der Waals surface area contributed by atoms with E-state index in [1.165, 1.54) is 25.7 Å². The molecule has 2 fully saturated rings. The highest BCUT2D eigenvalue weighted by atomic mass is 16.2. The standard InChI is InChI=1S/C16H26N4O/c1-10(13-9-20(3)19-11(13)2)17-16(21)15-8-12-6-4-5-7-14(12)18-15/h9-10,12,14-15,18H,4-8H2,1-3H3,(H,17,21). The van der Waals surface area contributed by atoms with Gasteiger partial charge in [-0.25, -0.2) is 0 Å². The highest BCUT2D eigenvalue weighted by Gasteiger charge is 2.38. The molecule has 1 aliphatic carbocycles. The molecule has 21 heavy (non-hydrogen) atoms. The van der Waals surface area contributed by atoms with Crippen LogP contribution in [0.1, 0.15) is 56.3 Å². The summed E-state index contributed by atoms with van der Waals surface area (Å²) in [6, 6.07) is 0.554. The Morgan fingerprint density at radius 2 is 2.24 bits per heavy atom. The maximum atomic E-state index is 12.5. The van der Waals surface area contributed by atoms with Gasteiger partial charge >= 0.3 is 0 Å². The third kappa shape index (κ3) is 2.98. The molecule has 116 valence electrons. The van der Waals surface area contributed by atoms with Crippen LogP contribution >= 0.6 is 0 Å².